The van der Waals surface area contributed by atoms with Crippen LogP contribution in [0.15, 0.2) is 89.3 Å². The maximum atomic E-state index is 13.4. The zero-order valence-electron chi connectivity index (χ0n) is 19.9. The first-order chi connectivity index (χ1) is 17.6. The molecule has 0 saturated carbocycles. The number of fused-ring (bicyclic) bond motifs is 2. The second-order valence-electron chi connectivity index (χ2n) is 8.22. The molecule has 1 atom stereocenters. The number of anilines is 1. The van der Waals surface area contributed by atoms with Crippen LogP contribution in [-0.2, 0) is 9.53 Å². The zero-order chi connectivity index (χ0) is 25.1. The third-order valence-electron chi connectivity index (χ3n) is 5.92. The van der Waals surface area contributed by atoms with Crippen LogP contribution in [-0.4, -0.2) is 30.1 Å². The average Bonchev–Trinajstić information content (AvgIpc) is 3.35. The summed E-state index contributed by atoms with van der Waals surface area (Å²) in [5.41, 5.74) is 2.98. The van der Waals surface area contributed by atoms with Crippen molar-refractivity contribution in [2.45, 2.75) is 19.4 Å². The van der Waals surface area contributed by atoms with E-state index in [1.807, 2.05) is 48.5 Å². The highest BCUT2D eigenvalue weighted by atomic mass is 16.5. The topological polar surface area (TPSA) is 90.7 Å². The number of ether oxygens (including phenoxy) is 2. The molecule has 180 valence electrons. The van der Waals surface area contributed by atoms with Gasteiger partial charge in [0.15, 0.2) is 11.7 Å². The molecular weight excluding hydrogens is 456 g/mol. The Morgan fingerprint density at radius 3 is 2.42 bits per heavy atom. The minimum Gasteiger partial charge on any atom is -0.497 e. The molecule has 0 saturated heterocycles. The highest BCUT2D eigenvalue weighted by Crippen LogP contribution is 2.33. The Morgan fingerprint density at radius 1 is 0.944 bits per heavy atom. The van der Waals surface area contributed by atoms with Crippen molar-refractivity contribution in [3.63, 3.8) is 0 Å². The van der Waals surface area contributed by atoms with Gasteiger partial charge in [0.1, 0.15) is 11.3 Å². The van der Waals surface area contributed by atoms with Crippen LogP contribution in [0.2, 0.25) is 0 Å². The van der Waals surface area contributed by atoms with Crippen LogP contribution in [0.4, 0.5) is 5.69 Å². The molecule has 1 unspecified atom stereocenters. The van der Waals surface area contributed by atoms with Gasteiger partial charge in [-0.3, -0.25) is 4.79 Å². The van der Waals surface area contributed by atoms with Gasteiger partial charge in [0.2, 0.25) is 5.89 Å². The first kappa shape index (κ1) is 23.1. The number of amides is 1. The van der Waals surface area contributed by atoms with E-state index in [0.717, 1.165) is 10.9 Å². The van der Waals surface area contributed by atoms with Crippen molar-refractivity contribution >= 4 is 39.4 Å². The third kappa shape index (κ3) is 4.51. The number of benzene rings is 4. The second kappa shape index (κ2) is 9.92. The van der Waals surface area contributed by atoms with Gasteiger partial charge in [-0.25, -0.2) is 9.78 Å². The van der Waals surface area contributed by atoms with Crippen LogP contribution >= 0.6 is 0 Å². The Labute approximate surface area is 207 Å². The fourth-order valence-corrected chi connectivity index (χ4v) is 4.09. The number of carbonyl (C=O) groups is 2. The van der Waals surface area contributed by atoms with Gasteiger partial charge in [-0.15, -0.1) is 0 Å². The number of esters is 1. The standard InChI is InChI=1S/C29H24N2O5/c1-3-24(27(32)30-19-14-16-20(34-2)17-15-19)36-29(33)22-11-7-9-18-8-6-10-21(26(18)22)28-31-23-12-4-5-13-25(23)35-28/h4-17,24H,3H2,1-2H3,(H,30,32). The van der Waals surface area contributed by atoms with Gasteiger partial charge in [-0.2, -0.15) is 0 Å². The SMILES string of the molecule is CCC(OC(=O)c1cccc2cccc(-c3nc4ccccc4o3)c12)C(=O)Nc1ccc(OC)cc1. The molecule has 0 aliphatic carbocycles. The van der Waals surface area contributed by atoms with Gasteiger partial charge in [0.25, 0.3) is 5.91 Å². The Balaban J connectivity index is 1.45. The summed E-state index contributed by atoms with van der Waals surface area (Å²) in [6.07, 6.45) is -0.650. The molecule has 36 heavy (non-hydrogen) atoms. The summed E-state index contributed by atoms with van der Waals surface area (Å²) in [6, 6.07) is 25.5. The van der Waals surface area contributed by atoms with Crippen molar-refractivity contribution in [2.24, 2.45) is 0 Å². The molecule has 0 bridgehead atoms. The van der Waals surface area contributed by atoms with Gasteiger partial charge in [-0.05, 0) is 60.3 Å². The summed E-state index contributed by atoms with van der Waals surface area (Å²) in [5, 5.41) is 4.28. The lowest BCUT2D eigenvalue weighted by atomic mass is 9.99. The number of carbonyl (C=O) groups excluding carboxylic acids is 2. The van der Waals surface area contributed by atoms with Crippen molar-refractivity contribution in [2.75, 3.05) is 12.4 Å². The zero-order valence-corrected chi connectivity index (χ0v) is 19.9. The average molecular weight is 481 g/mol. The molecule has 0 aliphatic heterocycles. The van der Waals surface area contributed by atoms with Gasteiger partial charge < -0.3 is 19.2 Å². The van der Waals surface area contributed by atoms with E-state index in [-0.39, 0.29) is 0 Å². The molecule has 7 heteroatoms. The summed E-state index contributed by atoms with van der Waals surface area (Å²) in [5.74, 6) is 0.0832. The number of nitrogens with one attached hydrogen (secondary N) is 1. The number of aromatic nitrogens is 1. The van der Waals surface area contributed by atoms with E-state index in [2.05, 4.69) is 10.3 Å². The largest absolute Gasteiger partial charge is 0.497 e. The van der Waals surface area contributed by atoms with Gasteiger partial charge in [0, 0.05) is 16.6 Å². The van der Waals surface area contributed by atoms with E-state index >= 15 is 0 Å². The Morgan fingerprint density at radius 2 is 1.69 bits per heavy atom. The normalized spacial score (nSPS) is 11.8. The van der Waals surface area contributed by atoms with Crippen LogP contribution in [0.25, 0.3) is 33.3 Å². The van der Waals surface area contributed by atoms with E-state index in [1.54, 1.807) is 50.4 Å². The summed E-state index contributed by atoms with van der Waals surface area (Å²) in [7, 11) is 1.57. The number of rotatable bonds is 7. The molecule has 1 aromatic heterocycles. The predicted octanol–water partition coefficient (Wildman–Crippen LogP) is 6.23. The van der Waals surface area contributed by atoms with Crippen LogP contribution in [0.5, 0.6) is 5.75 Å². The fraction of sp³-hybridized carbons (Fsp3) is 0.138. The molecule has 0 fully saturated rings. The monoisotopic (exact) mass is 480 g/mol. The molecule has 0 radical (unpaired) electrons. The lowest BCUT2D eigenvalue weighted by molar-refractivity contribution is -0.124. The molecule has 0 spiro atoms. The lowest BCUT2D eigenvalue weighted by Crippen LogP contribution is -2.32. The predicted molar refractivity (Wildman–Crippen MR) is 138 cm³/mol. The molecule has 1 amide bonds. The van der Waals surface area contributed by atoms with Crippen molar-refractivity contribution in [3.8, 4) is 17.2 Å². The van der Waals surface area contributed by atoms with Gasteiger partial charge in [0.05, 0.1) is 12.7 Å². The van der Waals surface area contributed by atoms with Crippen LogP contribution < -0.4 is 10.1 Å². The third-order valence-corrected chi connectivity index (χ3v) is 5.92. The lowest BCUT2D eigenvalue weighted by Gasteiger charge is -2.17. The minimum absolute atomic E-state index is 0.316. The highest BCUT2D eigenvalue weighted by Gasteiger charge is 2.25. The second-order valence-corrected chi connectivity index (χ2v) is 8.22. The summed E-state index contributed by atoms with van der Waals surface area (Å²) in [4.78, 5) is 30.8. The van der Waals surface area contributed by atoms with Crippen molar-refractivity contribution in [1.29, 1.82) is 0 Å². The smallest absolute Gasteiger partial charge is 0.339 e. The van der Waals surface area contributed by atoms with E-state index in [1.165, 1.54) is 0 Å². The molecule has 1 heterocycles. The number of para-hydroxylation sites is 2. The molecule has 0 aliphatic rings. The quantitative estimate of drug-likeness (QED) is 0.278. The van der Waals surface area contributed by atoms with Crippen LogP contribution in [0, 0.1) is 0 Å². The van der Waals surface area contributed by atoms with E-state index in [4.69, 9.17) is 13.9 Å². The maximum Gasteiger partial charge on any atom is 0.339 e. The minimum atomic E-state index is -0.966. The molecule has 5 rings (SSSR count). The van der Waals surface area contributed by atoms with E-state index < -0.39 is 18.0 Å². The van der Waals surface area contributed by atoms with Crippen molar-refractivity contribution in [3.05, 3.63) is 90.5 Å². The highest BCUT2D eigenvalue weighted by molar-refractivity contribution is 6.10. The first-order valence-electron chi connectivity index (χ1n) is 11.6. The molecule has 4 aromatic carbocycles. The molecular formula is C29H24N2O5. The van der Waals surface area contributed by atoms with Crippen molar-refractivity contribution < 1.29 is 23.5 Å². The Kier molecular flexibility index (Phi) is 6.36. The maximum absolute atomic E-state index is 13.4. The van der Waals surface area contributed by atoms with E-state index in [0.29, 0.717) is 45.8 Å². The number of oxazole rings is 1. The summed E-state index contributed by atoms with van der Waals surface area (Å²) < 4.78 is 16.8. The number of methoxy groups -OCH3 is 1. The van der Waals surface area contributed by atoms with Crippen LogP contribution in [0.1, 0.15) is 23.7 Å². The van der Waals surface area contributed by atoms with Crippen LogP contribution in [0.3, 0.4) is 0 Å². The first-order valence-corrected chi connectivity index (χ1v) is 11.6. The Hall–Kier alpha value is -4.65. The Bertz CT molecular complexity index is 1520. The number of nitrogens with zero attached hydrogens (tertiary/aromatic N) is 1. The molecule has 7 nitrogen and oxygen atoms in total. The van der Waals surface area contributed by atoms with E-state index in [9.17, 15) is 9.59 Å². The van der Waals surface area contributed by atoms with Gasteiger partial charge >= 0.3 is 5.97 Å². The molecule has 5 aromatic rings. The van der Waals surface area contributed by atoms with Crippen molar-refractivity contribution in [1.82, 2.24) is 4.98 Å². The number of hydrogen-bond acceptors (Lipinski definition) is 6. The summed E-state index contributed by atoms with van der Waals surface area (Å²) in [6.45, 7) is 1.79. The van der Waals surface area contributed by atoms with Gasteiger partial charge in [-0.1, -0.05) is 43.3 Å². The fourth-order valence-electron chi connectivity index (χ4n) is 4.09. The number of hydrogen-bond donors (Lipinski definition) is 1. The summed E-state index contributed by atoms with van der Waals surface area (Å²) >= 11 is 0. The molecule has 1 N–H and O–H groups in total.